The number of morpholine rings is 1. The first kappa shape index (κ1) is 14.8. The van der Waals surface area contributed by atoms with Crippen LogP contribution < -0.4 is 0 Å². The molecule has 0 bridgehead atoms. The van der Waals surface area contributed by atoms with E-state index in [9.17, 15) is 4.79 Å². The summed E-state index contributed by atoms with van der Waals surface area (Å²) in [5.74, 6) is 0.525. The number of nitrogens with zero attached hydrogens (tertiary/aromatic N) is 1. The van der Waals surface area contributed by atoms with Crippen LogP contribution in [0.4, 0.5) is 0 Å². The summed E-state index contributed by atoms with van der Waals surface area (Å²) in [6.45, 7) is 7.26. The van der Waals surface area contributed by atoms with Gasteiger partial charge in [0.25, 0.3) is 5.91 Å². The normalized spacial score (nSPS) is 22.5. The lowest BCUT2D eigenvalue weighted by Crippen LogP contribution is -2.55. The van der Waals surface area contributed by atoms with Crippen molar-refractivity contribution < 1.29 is 9.53 Å². The van der Waals surface area contributed by atoms with Crippen LogP contribution in [0.5, 0.6) is 0 Å². The fourth-order valence-corrected chi connectivity index (χ4v) is 3.60. The molecule has 2 rings (SSSR count). The van der Waals surface area contributed by atoms with E-state index in [0.717, 1.165) is 16.9 Å². The molecule has 3 nitrogen and oxygen atoms in total. The van der Waals surface area contributed by atoms with Crippen LogP contribution in [0.15, 0.2) is 11.4 Å². The topological polar surface area (TPSA) is 29.5 Å². The number of hydrogen-bond acceptors (Lipinski definition) is 3. The van der Waals surface area contributed by atoms with Crippen LogP contribution in [-0.4, -0.2) is 41.5 Å². The van der Waals surface area contributed by atoms with E-state index in [2.05, 4.69) is 6.92 Å². The van der Waals surface area contributed by atoms with Crippen LogP contribution in [0.25, 0.3) is 0 Å². The third-order valence-electron chi connectivity index (χ3n) is 3.26. The molecular formula is C14H20ClNO2S. The molecule has 2 heterocycles. The third kappa shape index (κ3) is 3.30. The zero-order chi connectivity index (χ0) is 14.0. The molecule has 1 aromatic rings. The lowest BCUT2D eigenvalue weighted by atomic mass is 10.0. The van der Waals surface area contributed by atoms with E-state index in [1.165, 1.54) is 11.3 Å². The van der Waals surface area contributed by atoms with Crippen LogP contribution in [0, 0.1) is 0 Å². The van der Waals surface area contributed by atoms with Gasteiger partial charge in [0.15, 0.2) is 0 Å². The number of alkyl halides is 1. The van der Waals surface area contributed by atoms with Gasteiger partial charge in [-0.25, -0.2) is 0 Å². The van der Waals surface area contributed by atoms with Gasteiger partial charge in [-0.1, -0.05) is 6.92 Å². The lowest BCUT2D eigenvalue weighted by Gasteiger charge is -2.42. The molecule has 19 heavy (non-hydrogen) atoms. The molecule has 0 aromatic carbocycles. The third-order valence-corrected chi connectivity index (χ3v) is 4.55. The van der Waals surface area contributed by atoms with Crippen LogP contribution in [0.3, 0.4) is 0 Å². The standard InChI is InChI=1S/C14H20ClNO2S/c1-4-10-5-6-19-12(10)13(17)16-8-11(7-15)18-14(2,3)9-16/h5-6,11H,4,7-9H2,1-3H3. The van der Waals surface area contributed by atoms with Crippen LogP contribution in [-0.2, 0) is 11.2 Å². The van der Waals surface area contributed by atoms with Crippen molar-refractivity contribution in [1.29, 1.82) is 0 Å². The quantitative estimate of drug-likeness (QED) is 0.803. The second-order valence-electron chi connectivity index (χ2n) is 5.47. The molecule has 1 aliphatic heterocycles. The zero-order valence-electron chi connectivity index (χ0n) is 11.6. The Morgan fingerprint density at radius 3 is 3.00 bits per heavy atom. The summed E-state index contributed by atoms with van der Waals surface area (Å²) >= 11 is 7.42. The summed E-state index contributed by atoms with van der Waals surface area (Å²) in [5.41, 5.74) is 0.790. The number of halogens is 1. The molecule has 0 aliphatic carbocycles. The summed E-state index contributed by atoms with van der Waals surface area (Å²) in [5, 5.41) is 1.98. The fourth-order valence-electron chi connectivity index (χ4n) is 2.48. The van der Waals surface area contributed by atoms with Gasteiger partial charge in [-0.15, -0.1) is 22.9 Å². The van der Waals surface area contributed by atoms with Gasteiger partial charge in [-0.3, -0.25) is 4.79 Å². The van der Waals surface area contributed by atoms with E-state index in [4.69, 9.17) is 16.3 Å². The van der Waals surface area contributed by atoms with Gasteiger partial charge in [-0.05, 0) is 37.3 Å². The number of aryl methyl sites for hydroxylation is 1. The van der Waals surface area contributed by atoms with Crippen molar-refractivity contribution in [2.45, 2.75) is 38.9 Å². The van der Waals surface area contributed by atoms with E-state index >= 15 is 0 Å². The summed E-state index contributed by atoms with van der Waals surface area (Å²) in [7, 11) is 0. The highest BCUT2D eigenvalue weighted by atomic mass is 35.5. The first-order valence-corrected chi connectivity index (χ1v) is 7.97. The van der Waals surface area contributed by atoms with Gasteiger partial charge in [0.1, 0.15) is 0 Å². The van der Waals surface area contributed by atoms with Gasteiger partial charge < -0.3 is 9.64 Å². The number of amides is 1. The number of carbonyl (C=O) groups excluding carboxylic acids is 1. The first-order valence-electron chi connectivity index (χ1n) is 6.56. The predicted molar refractivity (Wildman–Crippen MR) is 79.3 cm³/mol. The van der Waals surface area contributed by atoms with Gasteiger partial charge in [0.05, 0.1) is 22.5 Å². The Morgan fingerprint density at radius 2 is 2.37 bits per heavy atom. The predicted octanol–water partition coefficient (Wildman–Crippen LogP) is 3.17. The molecule has 0 N–H and O–H groups in total. The highest BCUT2D eigenvalue weighted by Gasteiger charge is 2.36. The van der Waals surface area contributed by atoms with E-state index < -0.39 is 0 Å². The van der Waals surface area contributed by atoms with Crippen molar-refractivity contribution in [3.05, 3.63) is 21.9 Å². The van der Waals surface area contributed by atoms with Crippen molar-refractivity contribution in [1.82, 2.24) is 4.90 Å². The molecule has 1 unspecified atom stereocenters. The van der Waals surface area contributed by atoms with Crippen molar-refractivity contribution in [2.24, 2.45) is 0 Å². The maximum absolute atomic E-state index is 12.6. The molecule has 1 atom stereocenters. The van der Waals surface area contributed by atoms with E-state index in [-0.39, 0.29) is 17.6 Å². The average molecular weight is 302 g/mol. The molecule has 0 spiro atoms. The summed E-state index contributed by atoms with van der Waals surface area (Å²) in [6, 6.07) is 2.03. The number of carbonyl (C=O) groups is 1. The molecular weight excluding hydrogens is 282 g/mol. The molecule has 1 aliphatic rings. The summed E-state index contributed by atoms with van der Waals surface area (Å²) < 4.78 is 5.85. The van der Waals surface area contributed by atoms with Crippen LogP contribution >= 0.6 is 22.9 Å². The summed E-state index contributed by atoms with van der Waals surface area (Å²) in [4.78, 5) is 15.4. The zero-order valence-corrected chi connectivity index (χ0v) is 13.2. The largest absolute Gasteiger partial charge is 0.367 e. The highest BCUT2D eigenvalue weighted by Crippen LogP contribution is 2.26. The number of ether oxygens (including phenoxy) is 1. The van der Waals surface area contributed by atoms with Gasteiger partial charge >= 0.3 is 0 Å². The lowest BCUT2D eigenvalue weighted by molar-refractivity contribution is -0.117. The number of thiophene rings is 1. The van der Waals surface area contributed by atoms with Crippen molar-refractivity contribution in [2.75, 3.05) is 19.0 Å². The van der Waals surface area contributed by atoms with Crippen molar-refractivity contribution in [3.8, 4) is 0 Å². The fraction of sp³-hybridized carbons (Fsp3) is 0.643. The molecule has 106 valence electrons. The Bertz CT molecular complexity index is 458. The molecule has 1 saturated heterocycles. The smallest absolute Gasteiger partial charge is 0.264 e. The molecule has 1 fully saturated rings. The van der Waals surface area contributed by atoms with Crippen molar-refractivity contribution in [3.63, 3.8) is 0 Å². The summed E-state index contributed by atoms with van der Waals surface area (Å²) in [6.07, 6.45) is 0.802. The van der Waals surface area contributed by atoms with Crippen LogP contribution in [0.2, 0.25) is 0 Å². The Balaban J connectivity index is 2.18. The Kier molecular flexibility index (Phi) is 4.54. The second kappa shape index (κ2) is 5.81. The number of rotatable bonds is 3. The Hall–Kier alpha value is -0.580. The first-order chi connectivity index (χ1) is 8.96. The number of hydrogen-bond donors (Lipinski definition) is 0. The maximum Gasteiger partial charge on any atom is 0.264 e. The van der Waals surface area contributed by atoms with Gasteiger partial charge in [-0.2, -0.15) is 0 Å². The van der Waals surface area contributed by atoms with E-state index in [1.54, 1.807) is 0 Å². The Morgan fingerprint density at radius 1 is 1.63 bits per heavy atom. The Labute approximate surface area is 123 Å². The minimum absolute atomic E-state index is 0.0839. The molecule has 0 saturated carbocycles. The van der Waals surface area contributed by atoms with Crippen LogP contribution in [0.1, 0.15) is 36.0 Å². The van der Waals surface area contributed by atoms with Gasteiger partial charge in [0.2, 0.25) is 0 Å². The minimum atomic E-state index is -0.336. The molecule has 1 aromatic heterocycles. The van der Waals surface area contributed by atoms with E-state index in [0.29, 0.717) is 19.0 Å². The van der Waals surface area contributed by atoms with E-state index in [1.807, 2.05) is 30.2 Å². The SMILES string of the molecule is CCc1ccsc1C(=O)N1CC(CCl)OC(C)(C)C1. The average Bonchev–Trinajstić information content (AvgIpc) is 2.84. The molecule has 0 radical (unpaired) electrons. The molecule has 1 amide bonds. The minimum Gasteiger partial charge on any atom is -0.367 e. The van der Waals surface area contributed by atoms with Gasteiger partial charge in [0, 0.05) is 13.1 Å². The maximum atomic E-state index is 12.6. The molecule has 5 heteroatoms. The second-order valence-corrected chi connectivity index (χ2v) is 6.69. The monoisotopic (exact) mass is 301 g/mol. The van der Waals surface area contributed by atoms with Crippen molar-refractivity contribution >= 4 is 28.8 Å². The highest BCUT2D eigenvalue weighted by molar-refractivity contribution is 7.12.